The number of ether oxygens (including phenoxy) is 1. The van der Waals surface area contributed by atoms with Crippen LogP contribution in [-0.4, -0.2) is 23.8 Å². The van der Waals surface area contributed by atoms with Crippen LogP contribution in [-0.2, 0) is 4.74 Å². The first kappa shape index (κ1) is 7.25. The van der Waals surface area contributed by atoms with Gasteiger partial charge in [-0.25, -0.2) is 0 Å². The minimum Gasteiger partial charge on any atom is -0.491 e. The Morgan fingerprint density at radius 1 is 1.45 bits per heavy atom. The summed E-state index contributed by atoms with van der Waals surface area (Å²) in [6, 6.07) is 0. The molecule has 2 unspecified atom stereocenters. The van der Waals surface area contributed by atoms with E-state index in [2.05, 4.69) is 11.4 Å². The van der Waals surface area contributed by atoms with Gasteiger partial charge >= 0.3 is 0 Å². The Hall–Kier alpha value is -0.410. The van der Waals surface area contributed by atoms with Crippen molar-refractivity contribution in [2.24, 2.45) is 0 Å². The van der Waals surface area contributed by atoms with E-state index in [1.165, 1.54) is 5.75 Å². The predicted molar refractivity (Wildman–Crippen MR) is 47.4 cm³/mol. The molecule has 0 saturated carbocycles. The van der Waals surface area contributed by atoms with Gasteiger partial charge in [0.1, 0.15) is 6.10 Å². The van der Waals surface area contributed by atoms with E-state index in [-0.39, 0.29) is 6.10 Å². The highest BCUT2D eigenvalue weighted by atomic mass is 32.2. The second-order valence-corrected chi connectivity index (χ2v) is 3.81. The van der Waals surface area contributed by atoms with Crippen LogP contribution in [0.4, 0.5) is 0 Å². The molecular weight excluding hydrogens is 158 g/mol. The molecule has 2 aliphatic rings. The summed E-state index contributed by atoms with van der Waals surface area (Å²) >= 11 is 1.93. The molecule has 2 aliphatic heterocycles. The van der Waals surface area contributed by atoms with Crippen LogP contribution < -0.4 is 5.32 Å². The van der Waals surface area contributed by atoms with Gasteiger partial charge in [-0.2, -0.15) is 0 Å². The molecule has 11 heavy (non-hydrogen) atoms. The number of rotatable bonds is 1. The van der Waals surface area contributed by atoms with Gasteiger partial charge < -0.3 is 10.1 Å². The van der Waals surface area contributed by atoms with E-state index in [9.17, 15) is 0 Å². The van der Waals surface area contributed by atoms with Crippen molar-refractivity contribution in [3.05, 3.63) is 24.5 Å². The number of hydrogen-bond acceptors (Lipinski definition) is 3. The van der Waals surface area contributed by atoms with Crippen molar-refractivity contribution in [3.8, 4) is 0 Å². The van der Waals surface area contributed by atoms with Gasteiger partial charge in [0, 0.05) is 12.3 Å². The fourth-order valence-corrected chi connectivity index (χ4v) is 2.30. The quantitative estimate of drug-likeness (QED) is 0.635. The van der Waals surface area contributed by atoms with Crippen LogP contribution in [0.2, 0.25) is 0 Å². The molecule has 0 bridgehead atoms. The molecule has 1 fully saturated rings. The molecule has 0 aliphatic carbocycles. The highest BCUT2D eigenvalue weighted by Gasteiger charge is 2.24. The number of nitrogens with one attached hydrogen (secondary N) is 1. The Bertz CT molecular complexity index is 185. The summed E-state index contributed by atoms with van der Waals surface area (Å²) in [5.41, 5.74) is 0. The minimum absolute atomic E-state index is 0.229. The molecule has 3 heteroatoms. The van der Waals surface area contributed by atoms with Crippen molar-refractivity contribution >= 4 is 11.8 Å². The Balaban J connectivity index is 1.94. The van der Waals surface area contributed by atoms with Crippen LogP contribution in [0, 0.1) is 0 Å². The lowest BCUT2D eigenvalue weighted by Crippen LogP contribution is -2.33. The van der Waals surface area contributed by atoms with Crippen LogP contribution in [0.3, 0.4) is 0 Å². The minimum atomic E-state index is 0.229. The third kappa shape index (κ3) is 1.60. The fraction of sp³-hybridized carbons (Fsp3) is 0.500. The van der Waals surface area contributed by atoms with Crippen molar-refractivity contribution in [2.75, 3.05) is 12.3 Å². The van der Waals surface area contributed by atoms with Crippen molar-refractivity contribution < 1.29 is 4.74 Å². The van der Waals surface area contributed by atoms with Gasteiger partial charge in [0.25, 0.3) is 0 Å². The zero-order chi connectivity index (χ0) is 7.52. The van der Waals surface area contributed by atoms with Gasteiger partial charge in [-0.15, -0.1) is 11.8 Å². The average Bonchev–Trinajstić information content (AvgIpc) is 2.58. The van der Waals surface area contributed by atoms with E-state index < -0.39 is 0 Å². The summed E-state index contributed by atoms with van der Waals surface area (Å²) in [6.07, 6.45) is 8.03. The number of hydrogen-bond donors (Lipinski definition) is 1. The second-order valence-electron chi connectivity index (χ2n) is 2.56. The number of thioether (sulfide) groups is 1. The van der Waals surface area contributed by atoms with Crippen LogP contribution in [0.1, 0.15) is 0 Å². The lowest BCUT2D eigenvalue weighted by atomic mass is 10.3. The lowest BCUT2D eigenvalue weighted by Gasteiger charge is -2.20. The standard InChI is InChI=1S/C8H11NOS/c1-2-5-10-7(3-1)8-9-4-6-11-8/h1-3,5,7-9H,4,6H2. The molecule has 60 valence electrons. The van der Waals surface area contributed by atoms with Crippen LogP contribution in [0.15, 0.2) is 24.5 Å². The van der Waals surface area contributed by atoms with Gasteiger partial charge in [0.15, 0.2) is 0 Å². The molecule has 2 rings (SSSR count). The zero-order valence-electron chi connectivity index (χ0n) is 6.19. The molecular formula is C8H11NOS. The van der Waals surface area contributed by atoms with Crippen LogP contribution >= 0.6 is 11.8 Å². The van der Waals surface area contributed by atoms with E-state index in [1.807, 2.05) is 23.9 Å². The first-order valence-corrected chi connectivity index (χ1v) is 4.85. The van der Waals surface area contributed by atoms with Crippen molar-refractivity contribution in [2.45, 2.75) is 11.5 Å². The van der Waals surface area contributed by atoms with Gasteiger partial charge in [-0.3, -0.25) is 0 Å². The van der Waals surface area contributed by atoms with Crippen molar-refractivity contribution in [1.29, 1.82) is 0 Å². The maximum Gasteiger partial charge on any atom is 0.141 e. The molecule has 0 aromatic rings. The molecule has 0 radical (unpaired) electrons. The third-order valence-corrected chi connectivity index (χ3v) is 3.00. The topological polar surface area (TPSA) is 21.3 Å². The van der Waals surface area contributed by atoms with Gasteiger partial charge in [0.05, 0.1) is 11.6 Å². The maximum atomic E-state index is 5.41. The molecule has 1 saturated heterocycles. The lowest BCUT2D eigenvalue weighted by molar-refractivity contribution is 0.173. The van der Waals surface area contributed by atoms with Gasteiger partial charge in [0.2, 0.25) is 0 Å². The van der Waals surface area contributed by atoms with Gasteiger partial charge in [-0.05, 0) is 12.2 Å². The second kappa shape index (κ2) is 3.32. The first-order valence-electron chi connectivity index (χ1n) is 3.80. The Labute approximate surface area is 70.7 Å². The average molecular weight is 169 g/mol. The molecule has 0 aromatic carbocycles. The van der Waals surface area contributed by atoms with E-state index >= 15 is 0 Å². The number of allylic oxidation sites excluding steroid dienone is 2. The molecule has 2 nitrogen and oxygen atoms in total. The first-order chi connectivity index (χ1) is 5.47. The van der Waals surface area contributed by atoms with Crippen molar-refractivity contribution in [1.82, 2.24) is 5.32 Å². The van der Waals surface area contributed by atoms with E-state index in [4.69, 9.17) is 4.74 Å². The predicted octanol–water partition coefficient (Wildman–Crippen LogP) is 1.12. The summed E-state index contributed by atoms with van der Waals surface area (Å²) in [4.78, 5) is 0. The maximum absolute atomic E-state index is 5.41. The smallest absolute Gasteiger partial charge is 0.141 e. The van der Waals surface area contributed by atoms with Crippen LogP contribution in [0.5, 0.6) is 0 Å². The highest BCUT2D eigenvalue weighted by molar-refractivity contribution is 8.00. The Morgan fingerprint density at radius 3 is 3.09 bits per heavy atom. The summed E-state index contributed by atoms with van der Waals surface area (Å²) in [7, 11) is 0. The molecule has 2 atom stereocenters. The molecule has 2 heterocycles. The van der Waals surface area contributed by atoms with Crippen LogP contribution in [0.25, 0.3) is 0 Å². The van der Waals surface area contributed by atoms with Crippen molar-refractivity contribution in [3.63, 3.8) is 0 Å². The molecule has 1 N–H and O–H groups in total. The largest absolute Gasteiger partial charge is 0.491 e. The van der Waals surface area contributed by atoms with Gasteiger partial charge in [-0.1, -0.05) is 6.08 Å². The fourth-order valence-electron chi connectivity index (χ4n) is 1.23. The molecule has 0 spiro atoms. The summed E-state index contributed by atoms with van der Waals surface area (Å²) in [5.74, 6) is 1.20. The van der Waals surface area contributed by atoms with E-state index in [0.29, 0.717) is 5.37 Å². The summed E-state index contributed by atoms with van der Waals surface area (Å²) in [6.45, 7) is 1.10. The Kier molecular flexibility index (Phi) is 2.19. The highest BCUT2D eigenvalue weighted by Crippen LogP contribution is 2.21. The normalized spacial score (nSPS) is 35.6. The monoisotopic (exact) mass is 169 g/mol. The SMILES string of the molecule is C1=COC(C2NCCS2)C=C1. The Morgan fingerprint density at radius 2 is 2.45 bits per heavy atom. The zero-order valence-corrected chi connectivity index (χ0v) is 7.01. The molecule has 0 amide bonds. The molecule has 0 aromatic heterocycles. The van der Waals surface area contributed by atoms with E-state index in [0.717, 1.165) is 6.54 Å². The third-order valence-electron chi connectivity index (χ3n) is 1.77. The summed E-state index contributed by atoms with van der Waals surface area (Å²) in [5, 5.41) is 3.83. The summed E-state index contributed by atoms with van der Waals surface area (Å²) < 4.78 is 5.41. The van der Waals surface area contributed by atoms with E-state index in [1.54, 1.807) is 6.26 Å².